The number of aryl methyl sites for hydroxylation is 1. The summed E-state index contributed by atoms with van der Waals surface area (Å²) in [7, 11) is 2.03. The summed E-state index contributed by atoms with van der Waals surface area (Å²) < 4.78 is 42.3. The second-order valence-corrected chi connectivity index (χ2v) is 6.03. The van der Waals surface area contributed by atoms with Gasteiger partial charge in [-0.2, -0.15) is 13.2 Å². The normalized spacial score (nSPS) is 12.4. The van der Waals surface area contributed by atoms with Gasteiger partial charge in [0.1, 0.15) is 5.75 Å². The molecule has 0 unspecified atom stereocenters. The molecular weight excluding hydrogens is 345 g/mol. The Labute approximate surface area is 153 Å². The first kappa shape index (κ1) is 22.1. The van der Waals surface area contributed by atoms with E-state index in [1.54, 1.807) is 12.1 Å². The number of aliphatic imine (C=N–C) groups is 1. The molecule has 0 amide bonds. The van der Waals surface area contributed by atoms with Gasteiger partial charge < -0.3 is 20.3 Å². The molecule has 0 aromatic heterocycles. The SMILES string of the molecule is CCNC(=NCc1ccc(C)cc1OCC(F)(F)F)NCCN(C)CC. The van der Waals surface area contributed by atoms with E-state index in [4.69, 9.17) is 4.74 Å². The van der Waals surface area contributed by atoms with Gasteiger partial charge in [-0.3, -0.25) is 0 Å². The molecule has 0 saturated carbocycles. The number of rotatable bonds is 9. The van der Waals surface area contributed by atoms with Gasteiger partial charge in [0.2, 0.25) is 0 Å². The molecule has 5 nitrogen and oxygen atoms in total. The van der Waals surface area contributed by atoms with Crippen molar-refractivity contribution in [1.82, 2.24) is 15.5 Å². The Bertz CT molecular complexity index is 576. The summed E-state index contributed by atoms with van der Waals surface area (Å²) in [5.41, 5.74) is 1.45. The van der Waals surface area contributed by atoms with E-state index >= 15 is 0 Å². The summed E-state index contributed by atoms with van der Waals surface area (Å²) in [6.07, 6.45) is -4.37. The smallest absolute Gasteiger partial charge is 0.422 e. The van der Waals surface area contributed by atoms with Crippen molar-refractivity contribution in [2.75, 3.05) is 39.8 Å². The summed E-state index contributed by atoms with van der Waals surface area (Å²) in [6, 6.07) is 5.19. The lowest BCUT2D eigenvalue weighted by atomic mass is 10.1. The van der Waals surface area contributed by atoms with Crippen LogP contribution in [-0.2, 0) is 6.54 Å². The summed E-state index contributed by atoms with van der Waals surface area (Å²) in [4.78, 5) is 6.62. The third-order valence-electron chi connectivity index (χ3n) is 3.69. The first-order valence-electron chi connectivity index (χ1n) is 8.75. The van der Waals surface area contributed by atoms with Crippen molar-refractivity contribution in [3.05, 3.63) is 29.3 Å². The summed E-state index contributed by atoms with van der Waals surface area (Å²) in [5.74, 6) is 0.840. The van der Waals surface area contributed by atoms with Crippen molar-refractivity contribution in [2.45, 2.75) is 33.5 Å². The van der Waals surface area contributed by atoms with E-state index in [2.05, 4.69) is 27.4 Å². The van der Waals surface area contributed by atoms with Gasteiger partial charge in [0.25, 0.3) is 0 Å². The number of hydrogen-bond acceptors (Lipinski definition) is 3. The quantitative estimate of drug-likeness (QED) is 0.515. The zero-order chi connectivity index (χ0) is 19.6. The first-order chi connectivity index (χ1) is 12.2. The third kappa shape index (κ3) is 8.94. The number of guanidine groups is 1. The fourth-order valence-electron chi connectivity index (χ4n) is 2.12. The van der Waals surface area contributed by atoms with E-state index in [9.17, 15) is 13.2 Å². The maximum absolute atomic E-state index is 12.4. The Morgan fingerprint density at radius 3 is 2.58 bits per heavy atom. The zero-order valence-electron chi connectivity index (χ0n) is 15.9. The zero-order valence-corrected chi connectivity index (χ0v) is 15.9. The molecule has 1 aromatic carbocycles. The topological polar surface area (TPSA) is 48.9 Å². The molecule has 0 aliphatic heterocycles. The maximum Gasteiger partial charge on any atom is 0.422 e. The molecule has 0 aliphatic carbocycles. The van der Waals surface area contributed by atoms with Crippen LogP contribution in [-0.4, -0.2) is 56.9 Å². The Morgan fingerprint density at radius 2 is 1.96 bits per heavy atom. The molecule has 0 spiro atoms. The van der Waals surface area contributed by atoms with Crippen LogP contribution >= 0.6 is 0 Å². The second-order valence-electron chi connectivity index (χ2n) is 6.03. The molecule has 1 aromatic rings. The van der Waals surface area contributed by atoms with Crippen molar-refractivity contribution in [1.29, 1.82) is 0 Å². The number of halogens is 3. The highest BCUT2D eigenvalue weighted by Crippen LogP contribution is 2.24. The van der Waals surface area contributed by atoms with Crippen LogP contribution < -0.4 is 15.4 Å². The molecule has 26 heavy (non-hydrogen) atoms. The standard InChI is InChI=1S/C18H29F3N4O/c1-5-22-17(23-9-10-25(4)6-2)24-12-15-8-7-14(3)11-16(15)26-13-18(19,20)21/h7-8,11H,5-6,9-10,12-13H2,1-4H3,(H2,22,23,24). The predicted molar refractivity (Wildman–Crippen MR) is 98.7 cm³/mol. The molecule has 0 atom stereocenters. The van der Waals surface area contributed by atoms with Crippen LogP contribution in [0.2, 0.25) is 0 Å². The third-order valence-corrected chi connectivity index (χ3v) is 3.69. The fraction of sp³-hybridized carbons (Fsp3) is 0.611. The van der Waals surface area contributed by atoms with E-state index in [1.165, 1.54) is 0 Å². The minimum absolute atomic E-state index is 0.215. The van der Waals surface area contributed by atoms with Crippen molar-refractivity contribution < 1.29 is 17.9 Å². The van der Waals surface area contributed by atoms with Gasteiger partial charge in [0, 0.05) is 25.2 Å². The Kier molecular flexibility index (Phi) is 9.26. The van der Waals surface area contributed by atoms with E-state index in [1.807, 2.05) is 27.0 Å². The van der Waals surface area contributed by atoms with Gasteiger partial charge in [-0.1, -0.05) is 19.1 Å². The molecule has 1 rings (SSSR count). The highest BCUT2D eigenvalue weighted by molar-refractivity contribution is 5.79. The lowest BCUT2D eigenvalue weighted by molar-refractivity contribution is -0.153. The molecule has 0 radical (unpaired) electrons. The molecule has 2 N–H and O–H groups in total. The van der Waals surface area contributed by atoms with Gasteiger partial charge in [0.05, 0.1) is 6.54 Å². The molecule has 0 bridgehead atoms. The van der Waals surface area contributed by atoms with Gasteiger partial charge in [-0.05, 0) is 39.1 Å². The molecule has 0 saturated heterocycles. The Morgan fingerprint density at radius 1 is 1.23 bits per heavy atom. The molecule has 148 valence electrons. The van der Waals surface area contributed by atoms with Gasteiger partial charge >= 0.3 is 6.18 Å². The second kappa shape index (κ2) is 10.9. The minimum Gasteiger partial charge on any atom is -0.484 e. The van der Waals surface area contributed by atoms with Crippen LogP contribution in [0.5, 0.6) is 5.75 Å². The molecule has 8 heteroatoms. The highest BCUT2D eigenvalue weighted by atomic mass is 19.4. The Balaban J connectivity index is 2.77. The van der Waals surface area contributed by atoms with E-state index in [0.717, 1.165) is 25.2 Å². The van der Waals surface area contributed by atoms with Crippen molar-refractivity contribution in [3.8, 4) is 5.75 Å². The van der Waals surface area contributed by atoms with E-state index in [0.29, 0.717) is 18.1 Å². The van der Waals surface area contributed by atoms with Crippen molar-refractivity contribution >= 4 is 5.96 Å². The fourth-order valence-corrected chi connectivity index (χ4v) is 2.12. The first-order valence-corrected chi connectivity index (χ1v) is 8.75. The highest BCUT2D eigenvalue weighted by Gasteiger charge is 2.28. The number of alkyl halides is 3. The van der Waals surface area contributed by atoms with Crippen molar-refractivity contribution in [2.24, 2.45) is 4.99 Å². The average molecular weight is 374 g/mol. The molecule has 0 heterocycles. The van der Waals surface area contributed by atoms with Crippen LogP contribution in [0.25, 0.3) is 0 Å². The minimum atomic E-state index is -4.37. The summed E-state index contributed by atoms with van der Waals surface area (Å²) in [5, 5.41) is 6.35. The van der Waals surface area contributed by atoms with E-state index in [-0.39, 0.29) is 12.3 Å². The molecule has 0 aliphatic rings. The number of likely N-dealkylation sites (N-methyl/N-ethyl adjacent to an activating group) is 1. The largest absolute Gasteiger partial charge is 0.484 e. The number of ether oxygens (including phenoxy) is 1. The lowest BCUT2D eigenvalue weighted by Gasteiger charge is -2.17. The Hall–Kier alpha value is -1.96. The lowest BCUT2D eigenvalue weighted by Crippen LogP contribution is -2.40. The van der Waals surface area contributed by atoms with Crippen LogP contribution in [0.15, 0.2) is 23.2 Å². The van der Waals surface area contributed by atoms with Gasteiger partial charge in [-0.25, -0.2) is 4.99 Å². The van der Waals surface area contributed by atoms with Crippen LogP contribution in [0.1, 0.15) is 25.0 Å². The molecular formula is C18H29F3N4O. The monoisotopic (exact) mass is 374 g/mol. The molecule has 0 fully saturated rings. The number of benzene rings is 1. The van der Waals surface area contributed by atoms with Crippen LogP contribution in [0.3, 0.4) is 0 Å². The maximum atomic E-state index is 12.4. The number of hydrogen-bond donors (Lipinski definition) is 2. The average Bonchev–Trinajstić information content (AvgIpc) is 2.58. The number of nitrogens with zero attached hydrogens (tertiary/aromatic N) is 2. The van der Waals surface area contributed by atoms with Gasteiger partial charge in [0.15, 0.2) is 12.6 Å². The van der Waals surface area contributed by atoms with Crippen molar-refractivity contribution in [3.63, 3.8) is 0 Å². The van der Waals surface area contributed by atoms with E-state index < -0.39 is 12.8 Å². The van der Waals surface area contributed by atoms with Gasteiger partial charge in [-0.15, -0.1) is 0 Å². The van der Waals surface area contributed by atoms with Crippen LogP contribution in [0, 0.1) is 6.92 Å². The predicted octanol–water partition coefficient (Wildman–Crippen LogP) is 2.94. The number of nitrogens with one attached hydrogen (secondary N) is 2. The summed E-state index contributed by atoms with van der Waals surface area (Å²) >= 11 is 0. The summed E-state index contributed by atoms with van der Waals surface area (Å²) in [6.45, 7) is 8.01. The van der Waals surface area contributed by atoms with Crippen LogP contribution in [0.4, 0.5) is 13.2 Å².